The summed E-state index contributed by atoms with van der Waals surface area (Å²) in [7, 11) is 4.17. The van der Waals surface area contributed by atoms with Crippen LogP contribution in [-0.2, 0) is 6.54 Å². The van der Waals surface area contributed by atoms with Crippen LogP contribution in [0.3, 0.4) is 0 Å². The van der Waals surface area contributed by atoms with Gasteiger partial charge in [0.15, 0.2) is 0 Å². The molecule has 2 N–H and O–H groups in total. The Hall–Kier alpha value is -1.62. The first-order chi connectivity index (χ1) is 8.09. The lowest BCUT2D eigenvalue weighted by Crippen LogP contribution is -2.15. The van der Waals surface area contributed by atoms with E-state index in [1.54, 1.807) is 0 Å². The second-order valence-corrected chi connectivity index (χ2v) is 4.62. The van der Waals surface area contributed by atoms with Crippen LogP contribution in [0.1, 0.15) is 12.0 Å². The van der Waals surface area contributed by atoms with Crippen molar-refractivity contribution in [2.24, 2.45) is 0 Å². The Morgan fingerprint density at radius 2 is 2.12 bits per heavy atom. The molecule has 0 aliphatic carbocycles. The molecular formula is C12H19N5. The van der Waals surface area contributed by atoms with E-state index in [0.717, 1.165) is 36.1 Å². The van der Waals surface area contributed by atoms with Gasteiger partial charge in [0.25, 0.3) is 0 Å². The number of nitrogens with zero attached hydrogens (tertiary/aromatic N) is 4. The van der Waals surface area contributed by atoms with E-state index < -0.39 is 0 Å². The lowest BCUT2D eigenvalue weighted by molar-refractivity contribution is 0.387. The summed E-state index contributed by atoms with van der Waals surface area (Å²) in [5.74, 6) is 0.568. The number of aromatic nitrogens is 3. The average molecular weight is 233 g/mol. The molecule has 0 aromatic carbocycles. The van der Waals surface area contributed by atoms with E-state index in [0.29, 0.717) is 5.82 Å². The van der Waals surface area contributed by atoms with Gasteiger partial charge in [-0.05, 0) is 39.5 Å². The summed E-state index contributed by atoms with van der Waals surface area (Å²) in [4.78, 5) is 10.5. The van der Waals surface area contributed by atoms with E-state index in [1.165, 1.54) is 6.33 Å². The van der Waals surface area contributed by atoms with Crippen molar-refractivity contribution in [3.05, 3.63) is 18.1 Å². The third-order valence-corrected chi connectivity index (χ3v) is 2.88. The zero-order valence-corrected chi connectivity index (χ0v) is 10.6. The van der Waals surface area contributed by atoms with Crippen LogP contribution in [0.4, 0.5) is 5.82 Å². The molecule has 0 bridgehead atoms. The third-order valence-electron chi connectivity index (χ3n) is 2.88. The van der Waals surface area contributed by atoms with Crippen LogP contribution in [0.5, 0.6) is 0 Å². The number of fused-ring (bicyclic) bond motifs is 1. The standard InChI is InChI=1S/C12H19N5/c1-9-7-17(6-4-5-16(2)3)12-10(9)11(13)14-8-15-12/h7-8H,4-6H2,1-3H3,(H2,13,14,15). The van der Waals surface area contributed by atoms with Crippen molar-refractivity contribution in [2.45, 2.75) is 19.9 Å². The van der Waals surface area contributed by atoms with Crippen molar-refractivity contribution in [2.75, 3.05) is 26.4 Å². The summed E-state index contributed by atoms with van der Waals surface area (Å²) < 4.78 is 2.16. The highest BCUT2D eigenvalue weighted by Gasteiger charge is 2.09. The van der Waals surface area contributed by atoms with Gasteiger partial charge in [-0.15, -0.1) is 0 Å². The second-order valence-electron chi connectivity index (χ2n) is 4.62. The molecule has 2 aromatic rings. The number of hydrogen-bond donors (Lipinski definition) is 1. The maximum Gasteiger partial charge on any atom is 0.145 e. The van der Waals surface area contributed by atoms with Gasteiger partial charge < -0.3 is 15.2 Å². The van der Waals surface area contributed by atoms with Crippen molar-refractivity contribution in [3.63, 3.8) is 0 Å². The fourth-order valence-corrected chi connectivity index (χ4v) is 2.07. The summed E-state index contributed by atoms with van der Waals surface area (Å²) in [5.41, 5.74) is 7.95. The fraction of sp³-hybridized carbons (Fsp3) is 0.500. The van der Waals surface area contributed by atoms with Gasteiger partial charge in [-0.3, -0.25) is 0 Å². The molecule has 0 radical (unpaired) electrons. The van der Waals surface area contributed by atoms with Crippen LogP contribution in [-0.4, -0.2) is 40.1 Å². The SMILES string of the molecule is Cc1cn(CCCN(C)C)c2ncnc(N)c12. The Kier molecular flexibility index (Phi) is 3.28. The van der Waals surface area contributed by atoms with Crippen molar-refractivity contribution < 1.29 is 0 Å². The van der Waals surface area contributed by atoms with E-state index >= 15 is 0 Å². The van der Waals surface area contributed by atoms with Gasteiger partial charge in [-0.25, -0.2) is 9.97 Å². The normalized spacial score (nSPS) is 11.5. The largest absolute Gasteiger partial charge is 0.383 e. The second kappa shape index (κ2) is 4.71. The summed E-state index contributed by atoms with van der Waals surface area (Å²) in [6, 6.07) is 0. The predicted octanol–water partition coefficient (Wildman–Crippen LogP) is 1.27. The van der Waals surface area contributed by atoms with Crippen molar-refractivity contribution in [1.29, 1.82) is 0 Å². The fourth-order valence-electron chi connectivity index (χ4n) is 2.07. The van der Waals surface area contributed by atoms with Gasteiger partial charge in [0.1, 0.15) is 17.8 Å². The van der Waals surface area contributed by atoms with E-state index in [2.05, 4.69) is 39.7 Å². The summed E-state index contributed by atoms with van der Waals surface area (Å²) in [6.45, 7) is 4.07. The van der Waals surface area contributed by atoms with E-state index in [1.807, 2.05) is 6.92 Å². The highest BCUT2D eigenvalue weighted by atomic mass is 15.1. The molecule has 17 heavy (non-hydrogen) atoms. The van der Waals surface area contributed by atoms with Crippen LogP contribution in [0, 0.1) is 6.92 Å². The minimum Gasteiger partial charge on any atom is -0.383 e. The van der Waals surface area contributed by atoms with E-state index in [4.69, 9.17) is 5.73 Å². The number of nitrogen functional groups attached to an aromatic ring is 1. The molecule has 5 nitrogen and oxygen atoms in total. The molecule has 0 fully saturated rings. The lowest BCUT2D eigenvalue weighted by atomic mass is 10.2. The van der Waals surface area contributed by atoms with Crippen molar-refractivity contribution in [1.82, 2.24) is 19.4 Å². The molecule has 0 saturated heterocycles. The quantitative estimate of drug-likeness (QED) is 0.864. The molecule has 0 unspecified atom stereocenters. The molecule has 0 aliphatic heterocycles. The van der Waals surface area contributed by atoms with E-state index in [9.17, 15) is 0 Å². The maximum atomic E-state index is 5.87. The topological polar surface area (TPSA) is 60.0 Å². The van der Waals surface area contributed by atoms with Crippen LogP contribution < -0.4 is 5.73 Å². The number of nitrogens with two attached hydrogens (primary N) is 1. The first kappa shape index (κ1) is 11.9. The Balaban J connectivity index is 2.26. The molecule has 2 aromatic heterocycles. The van der Waals surface area contributed by atoms with Crippen molar-refractivity contribution >= 4 is 16.9 Å². The lowest BCUT2D eigenvalue weighted by Gasteiger charge is -2.10. The van der Waals surface area contributed by atoms with Gasteiger partial charge in [0.05, 0.1) is 5.39 Å². The number of aryl methyl sites for hydroxylation is 2. The van der Waals surface area contributed by atoms with Gasteiger partial charge in [-0.1, -0.05) is 0 Å². The number of rotatable bonds is 4. The predicted molar refractivity (Wildman–Crippen MR) is 69.8 cm³/mol. The monoisotopic (exact) mass is 233 g/mol. The highest BCUT2D eigenvalue weighted by Crippen LogP contribution is 2.22. The Labute approximate surface area is 101 Å². The van der Waals surface area contributed by atoms with Gasteiger partial charge in [0, 0.05) is 12.7 Å². The number of hydrogen-bond acceptors (Lipinski definition) is 4. The minimum absolute atomic E-state index is 0.568. The maximum absolute atomic E-state index is 5.87. The molecule has 5 heteroatoms. The Morgan fingerprint density at radius 1 is 1.35 bits per heavy atom. The molecular weight excluding hydrogens is 214 g/mol. The zero-order valence-electron chi connectivity index (χ0n) is 10.6. The van der Waals surface area contributed by atoms with Gasteiger partial charge >= 0.3 is 0 Å². The Morgan fingerprint density at radius 3 is 2.82 bits per heavy atom. The molecule has 0 aliphatic rings. The van der Waals surface area contributed by atoms with Gasteiger partial charge in [0.2, 0.25) is 0 Å². The summed E-state index contributed by atoms with van der Waals surface area (Å²) in [5, 5.41) is 0.984. The van der Waals surface area contributed by atoms with Crippen LogP contribution >= 0.6 is 0 Å². The molecule has 0 saturated carbocycles. The first-order valence-corrected chi connectivity index (χ1v) is 5.80. The van der Waals surface area contributed by atoms with Crippen molar-refractivity contribution in [3.8, 4) is 0 Å². The number of anilines is 1. The van der Waals surface area contributed by atoms with Crippen LogP contribution in [0.25, 0.3) is 11.0 Å². The van der Waals surface area contributed by atoms with Crippen LogP contribution in [0.2, 0.25) is 0 Å². The third kappa shape index (κ3) is 2.39. The molecule has 92 valence electrons. The smallest absolute Gasteiger partial charge is 0.145 e. The molecule has 2 rings (SSSR count). The first-order valence-electron chi connectivity index (χ1n) is 5.80. The summed E-state index contributed by atoms with van der Waals surface area (Å²) in [6.07, 6.45) is 4.73. The average Bonchev–Trinajstić information content (AvgIpc) is 2.57. The molecule has 0 spiro atoms. The minimum atomic E-state index is 0.568. The van der Waals surface area contributed by atoms with Crippen LogP contribution in [0.15, 0.2) is 12.5 Å². The molecule has 2 heterocycles. The highest BCUT2D eigenvalue weighted by molar-refractivity contribution is 5.89. The molecule has 0 atom stereocenters. The van der Waals surface area contributed by atoms with Gasteiger partial charge in [-0.2, -0.15) is 0 Å². The Bertz CT molecular complexity index is 515. The zero-order chi connectivity index (χ0) is 12.4. The molecule has 0 amide bonds. The van der Waals surface area contributed by atoms with E-state index in [-0.39, 0.29) is 0 Å². The summed E-state index contributed by atoms with van der Waals surface area (Å²) >= 11 is 0.